The van der Waals surface area contributed by atoms with Gasteiger partial charge in [0.05, 0.1) is 5.56 Å². The molecule has 0 aromatic carbocycles. The molecule has 0 radical (unpaired) electrons. The van der Waals surface area contributed by atoms with Gasteiger partial charge < -0.3 is 5.32 Å². The number of rotatable bonds is 5. The summed E-state index contributed by atoms with van der Waals surface area (Å²) in [5, 5.41) is 14.3. The van der Waals surface area contributed by atoms with E-state index < -0.39 is 0 Å². The second kappa shape index (κ2) is 5.66. The van der Waals surface area contributed by atoms with Gasteiger partial charge >= 0.3 is 0 Å². The van der Waals surface area contributed by atoms with Gasteiger partial charge in [0.25, 0.3) is 0 Å². The molecule has 1 fully saturated rings. The fourth-order valence-electron chi connectivity index (χ4n) is 2.76. The van der Waals surface area contributed by atoms with Crippen LogP contribution in [0.15, 0.2) is 11.4 Å². The highest BCUT2D eigenvalue weighted by Gasteiger charge is 2.31. The topological polar surface area (TPSA) is 35.8 Å². The van der Waals surface area contributed by atoms with Gasteiger partial charge in [0.2, 0.25) is 0 Å². The van der Waals surface area contributed by atoms with Crippen LogP contribution in [0, 0.1) is 16.7 Å². The van der Waals surface area contributed by atoms with E-state index in [4.69, 9.17) is 5.26 Å². The van der Waals surface area contributed by atoms with Crippen LogP contribution in [0.5, 0.6) is 0 Å². The van der Waals surface area contributed by atoms with E-state index in [-0.39, 0.29) is 0 Å². The van der Waals surface area contributed by atoms with Crippen molar-refractivity contribution in [2.45, 2.75) is 45.6 Å². The van der Waals surface area contributed by atoms with E-state index in [1.807, 2.05) is 11.4 Å². The summed E-state index contributed by atoms with van der Waals surface area (Å²) in [5.74, 6) is 0. The normalized spacial score (nSPS) is 18.1. The lowest BCUT2D eigenvalue weighted by Crippen LogP contribution is -2.31. The zero-order valence-corrected chi connectivity index (χ0v) is 11.3. The average Bonchev–Trinajstić information content (AvgIpc) is 2.98. The van der Waals surface area contributed by atoms with Crippen LogP contribution in [-0.2, 0) is 6.54 Å². The van der Waals surface area contributed by atoms with Gasteiger partial charge in [-0.1, -0.05) is 19.8 Å². The van der Waals surface area contributed by atoms with Crippen molar-refractivity contribution < 1.29 is 0 Å². The Bertz CT molecular complexity index is 397. The number of nitrogens with one attached hydrogen (secondary N) is 1. The minimum absolute atomic E-state index is 0.551. The molecule has 3 heteroatoms. The molecule has 0 spiro atoms. The molecule has 2 nitrogen and oxygen atoms in total. The van der Waals surface area contributed by atoms with Crippen LogP contribution in [-0.4, -0.2) is 6.54 Å². The SMILES string of the molecule is CCC1(CNCc2cc(C#N)cs2)CCCC1. The molecule has 17 heavy (non-hydrogen) atoms. The van der Waals surface area contributed by atoms with E-state index in [1.165, 1.54) is 37.0 Å². The molecule has 0 unspecified atom stereocenters. The van der Waals surface area contributed by atoms with Gasteiger partial charge in [-0.25, -0.2) is 0 Å². The third kappa shape index (κ3) is 3.08. The van der Waals surface area contributed by atoms with Gasteiger partial charge in [0.1, 0.15) is 6.07 Å². The molecule has 0 saturated heterocycles. The quantitative estimate of drug-likeness (QED) is 0.863. The number of hydrogen-bond donors (Lipinski definition) is 1. The lowest BCUT2D eigenvalue weighted by molar-refractivity contribution is 0.268. The van der Waals surface area contributed by atoms with Crippen LogP contribution < -0.4 is 5.32 Å². The summed E-state index contributed by atoms with van der Waals surface area (Å²) in [6, 6.07) is 4.17. The average molecular weight is 248 g/mol. The molecule has 1 heterocycles. The Labute approximate surface area is 108 Å². The first kappa shape index (κ1) is 12.6. The minimum Gasteiger partial charge on any atom is -0.311 e. The molecular weight excluding hydrogens is 228 g/mol. The number of hydrogen-bond acceptors (Lipinski definition) is 3. The Morgan fingerprint density at radius 3 is 2.82 bits per heavy atom. The molecule has 1 aromatic heterocycles. The maximum atomic E-state index is 8.76. The molecule has 0 atom stereocenters. The number of nitrogens with zero attached hydrogens (tertiary/aromatic N) is 1. The molecule has 1 aliphatic carbocycles. The molecule has 0 amide bonds. The summed E-state index contributed by atoms with van der Waals surface area (Å²) < 4.78 is 0. The lowest BCUT2D eigenvalue weighted by Gasteiger charge is -2.27. The van der Waals surface area contributed by atoms with Gasteiger partial charge in [-0.2, -0.15) is 5.26 Å². The fraction of sp³-hybridized carbons (Fsp3) is 0.643. The highest BCUT2D eigenvalue weighted by Crippen LogP contribution is 2.40. The molecule has 1 N–H and O–H groups in total. The highest BCUT2D eigenvalue weighted by atomic mass is 32.1. The molecule has 1 saturated carbocycles. The van der Waals surface area contributed by atoms with Crippen molar-refractivity contribution in [3.8, 4) is 6.07 Å². The Kier molecular flexibility index (Phi) is 4.20. The second-order valence-corrected chi connectivity index (χ2v) is 6.07. The van der Waals surface area contributed by atoms with E-state index >= 15 is 0 Å². The smallest absolute Gasteiger partial charge is 0.100 e. The van der Waals surface area contributed by atoms with Crippen molar-refractivity contribution in [1.29, 1.82) is 5.26 Å². The standard InChI is InChI=1S/C14H20N2S/c1-2-14(5-3-4-6-14)11-16-9-13-7-12(8-15)10-17-13/h7,10,16H,2-6,9,11H2,1H3. The van der Waals surface area contributed by atoms with Crippen LogP contribution in [0.1, 0.15) is 49.5 Å². The zero-order chi connectivity index (χ0) is 12.1. The van der Waals surface area contributed by atoms with Crippen LogP contribution in [0.25, 0.3) is 0 Å². The first-order valence-corrected chi connectivity index (χ1v) is 7.34. The fourth-order valence-corrected chi connectivity index (χ4v) is 3.54. The summed E-state index contributed by atoms with van der Waals surface area (Å²) in [7, 11) is 0. The van der Waals surface area contributed by atoms with E-state index in [1.54, 1.807) is 11.3 Å². The van der Waals surface area contributed by atoms with Gasteiger partial charge in [0, 0.05) is 23.3 Å². The Morgan fingerprint density at radius 2 is 2.24 bits per heavy atom. The van der Waals surface area contributed by atoms with E-state index in [0.29, 0.717) is 5.41 Å². The van der Waals surface area contributed by atoms with Gasteiger partial charge in [-0.05, 0) is 30.7 Å². The monoisotopic (exact) mass is 248 g/mol. The van der Waals surface area contributed by atoms with Crippen LogP contribution in [0.4, 0.5) is 0 Å². The predicted octanol–water partition coefficient (Wildman–Crippen LogP) is 3.68. The summed E-state index contributed by atoms with van der Waals surface area (Å²) in [6.07, 6.45) is 6.84. The van der Waals surface area contributed by atoms with Crippen molar-refractivity contribution in [3.05, 3.63) is 21.9 Å². The third-order valence-corrected chi connectivity index (χ3v) is 4.93. The van der Waals surface area contributed by atoms with E-state index in [2.05, 4.69) is 18.3 Å². The first-order chi connectivity index (χ1) is 8.28. The molecule has 2 rings (SSSR count). The number of nitriles is 1. The molecule has 1 aliphatic rings. The number of thiophene rings is 1. The second-order valence-electron chi connectivity index (χ2n) is 5.08. The van der Waals surface area contributed by atoms with Crippen LogP contribution in [0.2, 0.25) is 0 Å². The van der Waals surface area contributed by atoms with Crippen molar-refractivity contribution in [3.63, 3.8) is 0 Å². The largest absolute Gasteiger partial charge is 0.311 e. The van der Waals surface area contributed by atoms with Crippen molar-refractivity contribution in [2.24, 2.45) is 5.41 Å². The van der Waals surface area contributed by atoms with Crippen molar-refractivity contribution in [2.75, 3.05) is 6.54 Å². The molecular formula is C14H20N2S. The predicted molar refractivity (Wildman–Crippen MR) is 71.9 cm³/mol. The van der Waals surface area contributed by atoms with Crippen LogP contribution in [0.3, 0.4) is 0 Å². The zero-order valence-electron chi connectivity index (χ0n) is 10.5. The molecule has 0 aliphatic heterocycles. The van der Waals surface area contributed by atoms with Crippen molar-refractivity contribution >= 4 is 11.3 Å². The summed E-state index contributed by atoms with van der Waals surface area (Å²) in [4.78, 5) is 1.27. The van der Waals surface area contributed by atoms with Gasteiger partial charge in [-0.15, -0.1) is 11.3 Å². The molecule has 1 aromatic rings. The minimum atomic E-state index is 0.551. The Hall–Kier alpha value is -0.850. The summed E-state index contributed by atoms with van der Waals surface area (Å²) in [5.41, 5.74) is 1.34. The Morgan fingerprint density at radius 1 is 1.47 bits per heavy atom. The summed E-state index contributed by atoms with van der Waals surface area (Å²) in [6.45, 7) is 4.35. The third-order valence-electron chi connectivity index (χ3n) is 4.00. The first-order valence-electron chi connectivity index (χ1n) is 6.46. The summed E-state index contributed by atoms with van der Waals surface area (Å²) >= 11 is 1.68. The van der Waals surface area contributed by atoms with Gasteiger partial charge in [0.15, 0.2) is 0 Å². The maximum absolute atomic E-state index is 8.76. The van der Waals surface area contributed by atoms with Gasteiger partial charge in [-0.3, -0.25) is 0 Å². The molecule has 92 valence electrons. The van der Waals surface area contributed by atoms with Crippen molar-refractivity contribution in [1.82, 2.24) is 5.32 Å². The van der Waals surface area contributed by atoms with Crippen LogP contribution >= 0.6 is 11.3 Å². The lowest BCUT2D eigenvalue weighted by atomic mass is 9.83. The highest BCUT2D eigenvalue weighted by molar-refractivity contribution is 7.10. The maximum Gasteiger partial charge on any atom is 0.100 e. The van der Waals surface area contributed by atoms with E-state index in [9.17, 15) is 0 Å². The van der Waals surface area contributed by atoms with E-state index in [0.717, 1.165) is 18.7 Å². The Balaban J connectivity index is 1.81. The molecule has 0 bridgehead atoms.